The zero-order chi connectivity index (χ0) is 9.68. The molecule has 1 aromatic rings. The molecule has 0 fully saturated rings. The molecule has 0 unspecified atom stereocenters. The van der Waals surface area contributed by atoms with Crippen LogP contribution in [0.25, 0.3) is 0 Å². The summed E-state index contributed by atoms with van der Waals surface area (Å²) in [6.45, 7) is 2.44. The van der Waals surface area contributed by atoms with Crippen molar-refractivity contribution >= 4 is 6.47 Å². The van der Waals surface area contributed by atoms with Crippen molar-refractivity contribution in [3.05, 3.63) is 23.8 Å². The van der Waals surface area contributed by atoms with E-state index >= 15 is 0 Å². The second-order valence-electron chi connectivity index (χ2n) is 2.55. The molecule has 0 N–H and O–H groups in total. The van der Waals surface area contributed by atoms with Gasteiger partial charge in [-0.1, -0.05) is 13.0 Å². The molecule has 0 aromatic heterocycles. The first-order chi connectivity index (χ1) is 6.31. The molecule has 0 aliphatic heterocycles. The summed E-state index contributed by atoms with van der Waals surface area (Å²) >= 11 is 0. The van der Waals surface area contributed by atoms with Crippen LogP contribution < -0.4 is 9.47 Å². The van der Waals surface area contributed by atoms with Gasteiger partial charge in [0.05, 0.1) is 7.11 Å². The third kappa shape index (κ3) is 2.21. The van der Waals surface area contributed by atoms with Gasteiger partial charge in [0.2, 0.25) is 0 Å². The zero-order valence-corrected chi connectivity index (χ0v) is 7.74. The van der Waals surface area contributed by atoms with Gasteiger partial charge in [-0.05, 0) is 24.1 Å². The van der Waals surface area contributed by atoms with Gasteiger partial charge in [-0.15, -0.1) is 0 Å². The van der Waals surface area contributed by atoms with Crippen LogP contribution in [0.2, 0.25) is 0 Å². The Labute approximate surface area is 77.3 Å². The number of hydrogen-bond acceptors (Lipinski definition) is 3. The van der Waals surface area contributed by atoms with Gasteiger partial charge in [0.15, 0.2) is 11.5 Å². The maximum absolute atomic E-state index is 10.1. The topological polar surface area (TPSA) is 35.5 Å². The summed E-state index contributed by atoms with van der Waals surface area (Å²) in [6, 6.07) is 5.49. The fraction of sp³-hybridized carbons (Fsp3) is 0.300. The molecule has 0 amide bonds. The molecule has 1 aromatic carbocycles. The predicted octanol–water partition coefficient (Wildman–Crippen LogP) is 1.79. The minimum Gasteiger partial charge on any atom is -0.493 e. The summed E-state index contributed by atoms with van der Waals surface area (Å²) < 4.78 is 9.78. The maximum Gasteiger partial charge on any atom is 0.298 e. The lowest BCUT2D eigenvalue weighted by atomic mass is 10.1. The lowest BCUT2D eigenvalue weighted by Gasteiger charge is -2.07. The van der Waals surface area contributed by atoms with E-state index in [1.165, 1.54) is 0 Å². The molecule has 0 atom stereocenters. The normalized spacial score (nSPS) is 9.38. The SMILES string of the molecule is CCc1ccc(OC=O)c(OC)c1. The summed E-state index contributed by atoms with van der Waals surface area (Å²) in [5, 5.41) is 0. The van der Waals surface area contributed by atoms with E-state index in [4.69, 9.17) is 9.47 Å². The molecular formula is C10H12O3. The Hall–Kier alpha value is -1.51. The van der Waals surface area contributed by atoms with Crippen molar-refractivity contribution in [2.45, 2.75) is 13.3 Å². The summed E-state index contributed by atoms with van der Waals surface area (Å²) in [5.41, 5.74) is 1.15. The summed E-state index contributed by atoms with van der Waals surface area (Å²) in [5.74, 6) is 1.04. The first kappa shape index (κ1) is 9.58. The first-order valence-corrected chi connectivity index (χ1v) is 4.09. The molecule has 0 saturated carbocycles. The Morgan fingerprint density at radius 1 is 1.38 bits per heavy atom. The first-order valence-electron chi connectivity index (χ1n) is 4.09. The molecule has 13 heavy (non-hydrogen) atoms. The van der Waals surface area contributed by atoms with Gasteiger partial charge in [0, 0.05) is 0 Å². The zero-order valence-electron chi connectivity index (χ0n) is 7.74. The number of methoxy groups -OCH3 is 1. The highest BCUT2D eigenvalue weighted by Gasteiger charge is 2.03. The predicted molar refractivity (Wildman–Crippen MR) is 49.1 cm³/mol. The molecule has 1 rings (SSSR count). The lowest BCUT2D eigenvalue weighted by Crippen LogP contribution is -1.94. The number of hydrogen-bond donors (Lipinski definition) is 0. The van der Waals surface area contributed by atoms with Gasteiger partial charge in [-0.3, -0.25) is 4.79 Å². The largest absolute Gasteiger partial charge is 0.493 e. The molecule has 70 valence electrons. The van der Waals surface area contributed by atoms with Crippen molar-refractivity contribution in [2.75, 3.05) is 7.11 Å². The molecule has 0 bridgehead atoms. The minimum absolute atomic E-state index is 0.392. The van der Waals surface area contributed by atoms with E-state index in [1.807, 2.05) is 12.1 Å². The highest BCUT2D eigenvalue weighted by molar-refractivity contribution is 5.51. The van der Waals surface area contributed by atoms with Crippen LogP contribution in [0.4, 0.5) is 0 Å². The number of carbonyl (C=O) groups is 1. The Morgan fingerprint density at radius 2 is 2.15 bits per heavy atom. The van der Waals surface area contributed by atoms with Gasteiger partial charge in [-0.25, -0.2) is 0 Å². The van der Waals surface area contributed by atoms with Crippen LogP contribution in [0.15, 0.2) is 18.2 Å². The quantitative estimate of drug-likeness (QED) is 0.663. The van der Waals surface area contributed by atoms with Crippen molar-refractivity contribution in [2.24, 2.45) is 0 Å². The van der Waals surface area contributed by atoms with E-state index in [0.717, 1.165) is 12.0 Å². The standard InChI is InChI=1S/C10H12O3/c1-3-8-4-5-9(13-7-11)10(6-8)12-2/h4-7H,3H2,1-2H3. The number of benzene rings is 1. The lowest BCUT2D eigenvalue weighted by molar-refractivity contribution is -0.120. The van der Waals surface area contributed by atoms with E-state index in [2.05, 4.69) is 6.92 Å². The van der Waals surface area contributed by atoms with Crippen LogP contribution >= 0.6 is 0 Å². The van der Waals surface area contributed by atoms with Gasteiger partial charge < -0.3 is 9.47 Å². The Bertz CT molecular complexity index is 294. The fourth-order valence-electron chi connectivity index (χ4n) is 1.08. The highest BCUT2D eigenvalue weighted by atomic mass is 16.5. The Kier molecular flexibility index (Phi) is 3.31. The maximum atomic E-state index is 10.1. The summed E-state index contributed by atoms with van der Waals surface area (Å²) in [7, 11) is 1.55. The minimum atomic E-state index is 0.392. The molecule has 3 nitrogen and oxygen atoms in total. The van der Waals surface area contributed by atoms with Crippen LogP contribution in [0.5, 0.6) is 11.5 Å². The number of rotatable bonds is 4. The van der Waals surface area contributed by atoms with E-state index in [-0.39, 0.29) is 0 Å². The van der Waals surface area contributed by atoms with Crippen molar-refractivity contribution in [1.82, 2.24) is 0 Å². The van der Waals surface area contributed by atoms with Crippen molar-refractivity contribution in [3.8, 4) is 11.5 Å². The third-order valence-electron chi connectivity index (χ3n) is 1.81. The highest BCUT2D eigenvalue weighted by Crippen LogP contribution is 2.27. The smallest absolute Gasteiger partial charge is 0.298 e. The van der Waals surface area contributed by atoms with E-state index in [9.17, 15) is 4.79 Å². The molecule has 0 aliphatic rings. The average molecular weight is 180 g/mol. The molecule has 0 spiro atoms. The third-order valence-corrected chi connectivity index (χ3v) is 1.81. The van der Waals surface area contributed by atoms with Crippen molar-refractivity contribution in [1.29, 1.82) is 0 Å². The molecular weight excluding hydrogens is 168 g/mol. The van der Waals surface area contributed by atoms with Crippen LogP contribution in [0.3, 0.4) is 0 Å². The van der Waals surface area contributed by atoms with Crippen molar-refractivity contribution in [3.63, 3.8) is 0 Å². The number of aryl methyl sites for hydroxylation is 1. The van der Waals surface area contributed by atoms with Gasteiger partial charge in [0.25, 0.3) is 6.47 Å². The number of carbonyl (C=O) groups excluding carboxylic acids is 1. The number of ether oxygens (including phenoxy) is 2. The van der Waals surface area contributed by atoms with E-state index in [0.29, 0.717) is 18.0 Å². The fourth-order valence-corrected chi connectivity index (χ4v) is 1.08. The molecule has 0 heterocycles. The van der Waals surface area contributed by atoms with Crippen LogP contribution in [-0.2, 0) is 11.2 Å². The summed E-state index contributed by atoms with van der Waals surface area (Å²) in [6.07, 6.45) is 0.928. The van der Waals surface area contributed by atoms with Crippen LogP contribution in [-0.4, -0.2) is 13.6 Å². The Morgan fingerprint density at radius 3 is 2.69 bits per heavy atom. The molecule has 0 saturated heterocycles. The monoisotopic (exact) mass is 180 g/mol. The molecule has 3 heteroatoms. The van der Waals surface area contributed by atoms with E-state index in [1.54, 1.807) is 13.2 Å². The Balaban J connectivity index is 3.00. The second-order valence-corrected chi connectivity index (χ2v) is 2.55. The van der Waals surface area contributed by atoms with Gasteiger partial charge in [-0.2, -0.15) is 0 Å². The van der Waals surface area contributed by atoms with Gasteiger partial charge >= 0.3 is 0 Å². The van der Waals surface area contributed by atoms with Crippen LogP contribution in [0, 0.1) is 0 Å². The van der Waals surface area contributed by atoms with Gasteiger partial charge in [0.1, 0.15) is 0 Å². The summed E-state index contributed by atoms with van der Waals surface area (Å²) in [4.78, 5) is 10.1. The van der Waals surface area contributed by atoms with Crippen LogP contribution in [0.1, 0.15) is 12.5 Å². The molecule has 0 radical (unpaired) electrons. The second kappa shape index (κ2) is 4.50. The van der Waals surface area contributed by atoms with Crippen molar-refractivity contribution < 1.29 is 14.3 Å². The van der Waals surface area contributed by atoms with E-state index < -0.39 is 0 Å². The molecule has 0 aliphatic carbocycles. The average Bonchev–Trinajstić information content (AvgIpc) is 2.19.